The number of nitrogens with zero attached hydrogens (tertiary/aromatic N) is 2. The van der Waals surface area contributed by atoms with Crippen molar-refractivity contribution in [3.8, 4) is 0 Å². The number of hydrogen-bond acceptors (Lipinski definition) is 3. The van der Waals surface area contributed by atoms with Crippen LogP contribution in [0.25, 0.3) is 0 Å². The Morgan fingerprint density at radius 1 is 1.18 bits per heavy atom. The van der Waals surface area contributed by atoms with Crippen molar-refractivity contribution in [2.75, 3.05) is 38.3 Å². The van der Waals surface area contributed by atoms with Crippen LogP contribution in [0.2, 0.25) is 5.02 Å². The summed E-state index contributed by atoms with van der Waals surface area (Å²) in [6.45, 7) is 3.19. The molecule has 0 aliphatic carbocycles. The van der Waals surface area contributed by atoms with Crippen molar-refractivity contribution in [1.82, 2.24) is 0 Å². The lowest BCUT2D eigenvalue weighted by Gasteiger charge is -2.24. The molecule has 1 heterocycles. The van der Waals surface area contributed by atoms with Crippen LogP contribution in [-0.4, -0.2) is 39.1 Å². The SMILES string of the molecule is COCCN1CCN=C(c2ccccc2)c2cc(Cl)ccc21. The van der Waals surface area contributed by atoms with Crippen LogP contribution in [0.3, 0.4) is 0 Å². The zero-order chi connectivity index (χ0) is 15.4. The molecule has 1 aliphatic rings. The van der Waals surface area contributed by atoms with Gasteiger partial charge in [-0.3, -0.25) is 4.99 Å². The second-order valence-corrected chi connectivity index (χ2v) is 5.67. The molecule has 0 aromatic heterocycles. The first-order chi connectivity index (χ1) is 10.8. The van der Waals surface area contributed by atoms with Gasteiger partial charge in [0.25, 0.3) is 0 Å². The molecule has 114 valence electrons. The summed E-state index contributed by atoms with van der Waals surface area (Å²) >= 11 is 6.24. The fourth-order valence-electron chi connectivity index (χ4n) is 2.74. The lowest BCUT2D eigenvalue weighted by atomic mass is 10.0. The number of benzodiazepines with no additional fused rings is 1. The summed E-state index contributed by atoms with van der Waals surface area (Å²) < 4.78 is 5.23. The van der Waals surface area contributed by atoms with Crippen LogP contribution < -0.4 is 4.90 Å². The Kier molecular flexibility index (Phi) is 4.76. The average molecular weight is 315 g/mol. The summed E-state index contributed by atoms with van der Waals surface area (Å²) in [6.07, 6.45) is 0. The molecular formula is C18H19ClN2O. The van der Waals surface area contributed by atoms with Crippen molar-refractivity contribution in [3.63, 3.8) is 0 Å². The van der Waals surface area contributed by atoms with Crippen LogP contribution in [0.1, 0.15) is 11.1 Å². The van der Waals surface area contributed by atoms with Gasteiger partial charge in [-0.05, 0) is 18.2 Å². The van der Waals surface area contributed by atoms with Gasteiger partial charge >= 0.3 is 0 Å². The van der Waals surface area contributed by atoms with Gasteiger partial charge < -0.3 is 9.64 Å². The molecule has 4 heteroatoms. The number of fused-ring (bicyclic) bond motifs is 1. The highest BCUT2D eigenvalue weighted by atomic mass is 35.5. The van der Waals surface area contributed by atoms with Gasteiger partial charge in [-0.1, -0.05) is 41.9 Å². The summed E-state index contributed by atoms with van der Waals surface area (Å²) in [6, 6.07) is 16.3. The molecule has 0 unspecified atom stereocenters. The summed E-state index contributed by atoms with van der Waals surface area (Å²) in [5, 5.41) is 0.732. The van der Waals surface area contributed by atoms with E-state index in [0.29, 0.717) is 6.61 Å². The molecule has 0 fully saturated rings. The first-order valence-electron chi connectivity index (χ1n) is 7.43. The smallest absolute Gasteiger partial charge is 0.0741 e. The molecule has 0 saturated carbocycles. The third kappa shape index (κ3) is 3.16. The van der Waals surface area contributed by atoms with Crippen molar-refractivity contribution < 1.29 is 4.74 Å². The van der Waals surface area contributed by atoms with Crippen molar-refractivity contribution >= 4 is 23.0 Å². The van der Waals surface area contributed by atoms with E-state index in [1.165, 1.54) is 5.69 Å². The number of methoxy groups -OCH3 is 1. The number of ether oxygens (including phenoxy) is 1. The van der Waals surface area contributed by atoms with E-state index >= 15 is 0 Å². The normalized spacial score (nSPS) is 14.3. The van der Waals surface area contributed by atoms with Crippen LogP contribution in [0.4, 0.5) is 5.69 Å². The second-order valence-electron chi connectivity index (χ2n) is 5.24. The lowest BCUT2D eigenvalue weighted by molar-refractivity contribution is 0.205. The average Bonchev–Trinajstić information content (AvgIpc) is 2.73. The molecule has 0 saturated heterocycles. The largest absolute Gasteiger partial charge is 0.383 e. The van der Waals surface area contributed by atoms with Crippen molar-refractivity contribution in [1.29, 1.82) is 0 Å². The number of hydrogen-bond donors (Lipinski definition) is 0. The highest BCUT2D eigenvalue weighted by Crippen LogP contribution is 2.29. The molecule has 3 nitrogen and oxygen atoms in total. The van der Waals surface area contributed by atoms with E-state index in [4.69, 9.17) is 21.3 Å². The van der Waals surface area contributed by atoms with Crippen molar-refractivity contribution in [2.45, 2.75) is 0 Å². The highest BCUT2D eigenvalue weighted by molar-refractivity contribution is 6.31. The van der Waals surface area contributed by atoms with Gasteiger partial charge in [0.1, 0.15) is 0 Å². The van der Waals surface area contributed by atoms with Gasteiger partial charge in [-0.2, -0.15) is 0 Å². The van der Waals surface area contributed by atoms with Gasteiger partial charge in [-0.15, -0.1) is 0 Å². The molecule has 0 bridgehead atoms. The van der Waals surface area contributed by atoms with Gasteiger partial charge in [0.05, 0.1) is 18.9 Å². The van der Waals surface area contributed by atoms with E-state index in [0.717, 1.165) is 41.5 Å². The minimum Gasteiger partial charge on any atom is -0.383 e. The van der Waals surface area contributed by atoms with E-state index in [2.05, 4.69) is 23.1 Å². The van der Waals surface area contributed by atoms with Crippen molar-refractivity contribution in [2.24, 2.45) is 4.99 Å². The Bertz CT molecular complexity index is 670. The number of rotatable bonds is 4. The molecular weight excluding hydrogens is 296 g/mol. The third-order valence-corrected chi connectivity index (χ3v) is 4.04. The number of anilines is 1. The number of benzene rings is 2. The second kappa shape index (κ2) is 6.95. The molecule has 0 atom stereocenters. The topological polar surface area (TPSA) is 24.8 Å². The van der Waals surface area contributed by atoms with E-state index in [1.54, 1.807) is 7.11 Å². The van der Waals surface area contributed by atoms with E-state index in [1.807, 2.05) is 30.3 Å². The first-order valence-corrected chi connectivity index (χ1v) is 7.81. The number of aliphatic imine (C=N–C) groups is 1. The van der Waals surface area contributed by atoms with Crippen LogP contribution in [0, 0.1) is 0 Å². The minimum absolute atomic E-state index is 0.697. The molecule has 2 aromatic rings. The fourth-order valence-corrected chi connectivity index (χ4v) is 2.91. The van der Waals surface area contributed by atoms with E-state index < -0.39 is 0 Å². The maximum atomic E-state index is 6.24. The summed E-state index contributed by atoms with van der Waals surface area (Å²) in [5.74, 6) is 0. The maximum absolute atomic E-state index is 6.24. The third-order valence-electron chi connectivity index (χ3n) is 3.81. The Labute approximate surface area is 136 Å². The van der Waals surface area contributed by atoms with Gasteiger partial charge in [0.15, 0.2) is 0 Å². The summed E-state index contributed by atoms with van der Waals surface area (Å²) in [4.78, 5) is 7.12. The van der Waals surface area contributed by atoms with E-state index in [-0.39, 0.29) is 0 Å². The zero-order valence-electron chi connectivity index (χ0n) is 12.6. The Hall–Kier alpha value is -1.84. The molecule has 0 N–H and O–H groups in total. The van der Waals surface area contributed by atoms with Crippen LogP contribution in [-0.2, 0) is 4.74 Å². The quantitative estimate of drug-likeness (QED) is 0.860. The maximum Gasteiger partial charge on any atom is 0.0741 e. The molecule has 0 amide bonds. The zero-order valence-corrected chi connectivity index (χ0v) is 13.4. The molecule has 0 radical (unpaired) electrons. The first kappa shape index (κ1) is 15.1. The Balaban J connectivity index is 2.05. The predicted octanol–water partition coefficient (Wildman–Crippen LogP) is 3.64. The number of halogens is 1. The van der Waals surface area contributed by atoms with Crippen LogP contribution in [0.15, 0.2) is 53.5 Å². The predicted molar refractivity (Wildman–Crippen MR) is 92.5 cm³/mol. The molecule has 1 aliphatic heterocycles. The Morgan fingerprint density at radius 2 is 2.00 bits per heavy atom. The summed E-state index contributed by atoms with van der Waals surface area (Å²) in [7, 11) is 1.73. The van der Waals surface area contributed by atoms with E-state index in [9.17, 15) is 0 Å². The highest BCUT2D eigenvalue weighted by Gasteiger charge is 2.19. The van der Waals surface area contributed by atoms with Crippen molar-refractivity contribution in [3.05, 3.63) is 64.7 Å². The van der Waals surface area contributed by atoms with Crippen LogP contribution >= 0.6 is 11.6 Å². The van der Waals surface area contributed by atoms with Gasteiger partial charge in [0.2, 0.25) is 0 Å². The monoisotopic (exact) mass is 314 g/mol. The molecule has 0 spiro atoms. The molecule has 22 heavy (non-hydrogen) atoms. The van der Waals surface area contributed by atoms with Crippen LogP contribution in [0.5, 0.6) is 0 Å². The minimum atomic E-state index is 0.697. The fraction of sp³-hybridized carbons (Fsp3) is 0.278. The standard InChI is InChI=1S/C18H19ClN2O/c1-22-12-11-21-10-9-20-18(14-5-3-2-4-6-14)16-13-15(19)7-8-17(16)21/h2-8,13H,9-12H2,1H3. The Morgan fingerprint density at radius 3 is 2.77 bits per heavy atom. The molecule has 3 rings (SSSR count). The van der Waals surface area contributed by atoms with Gasteiger partial charge in [-0.25, -0.2) is 0 Å². The van der Waals surface area contributed by atoms with Gasteiger partial charge in [0, 0.05) is 42.0 Å². The lowest BCUT2D eigenvalue weighted by Crippen LogP contribution is -2.29. The summed E-state index contributed by atoms with van der Waals surface area (Å²) in [5.41, 5.74) is 4.39. The molecule has 2 aromatic carbocycles.